The number of rotatable bonds is 7. The van der Waals surface area contributed by atoms with Crippen LogP contribution in [0.15, 0.2) is 42.5 Å². The van der Waals surface area contributed by atoms with Gasteiger partial charge in [-0.15, -0.1) is 0 Å². The Labute approximate surface area is 158 Å². The second kappa shape index (κ2) is 9.39. The van der Waals surface area contributed by atoms with Gasteiger partial charge < -0.3 is 14.8 Å². The number of nitrogens with one attached hydrogen (secondary N) is 1. The van der Waals surface area contributed by atoms with Gasteiger partial charge in [0.15, 0.2) is 13.2 Å². The van der Waals surface area contributed by atoms with E-state index < -0.39 is 18.5 Å². The van der Waals surface area contributed by atoms with E-state index in [-0.39, 0.29) is 6.61 Å². The van der Waals surface area contributed by atoms with E-state index in [2.05, 4.69) is 19.2 Å². The minimum Gasteiger partial charge on any atom is -0.482 e. The summed E-state index contributed by atoms with van der Waals surface area (Å²) in [6, 6.07) is 14.1. The summed E-state index contributed by atoms with van der Waals surface area (Å²) in [7, 11) is 0. The van der Waals surface area contributed by atoms with Gasteiger partial charge in [-0.05, 0) is 54.3 Å². The van der Waals surface area contributed by atoms with Crippen LogP contribution in [0.1, 0.15) is 36.5 Å². The summed E-state index contributed by atoms with van der Waals surface area (Å²) in [5.74, 6) is -0.139. The summed E-state index contributed by atoms with van der Waals surface area (Å²) < 4.78 is 10.3. The fraction of sp³-hybridized carbons (Fsp3) is 0.286. The molecule has 1 N–H and O–H groups in total. The van der Waals surface area contributed by atoms with Crippen molar-refractivity contribution in [3.05, 3.63) is 59.2 Å². The molecule has 0 unspecified atom stereocenters. The lowest BCUT2D eigenvalue weighted by Crippen LogP contribution is -2.23. The number of hydrogen-bond donors (Lipinski definition) is 1. The number of hydrogen-bond acceptors (Lipinski definition) is 5. The van der Waals surface area contributed by atoms with Crippen LogP contribution in [-0.4, -0.2) is 25.1 Å². The molecular formula is C21H22N2O4. The molecule has 0 bridgehead atoms. The average molecular weight is 366 g/mol. The Morgan fingerprint density at radius 1 is 1.15 bits per heavy atom. The van der Waals surface area contributed by atoms with E-state index in [1.165, 1.54) is 11.6 Å². The van der Waals surface area contributed by atoms with Gasteiger partial charge >= 0.3 is 5.97 Å². The summed E-state index contributed by atoms with van der Waals surface area (Å²) in [5, 5.41) is 11.4. The van der Waals surface area contributed by atoms with E-state index in [4.69, 9.17) is 14.7 Å². The van der Waals surface area contributed by atoms with E-state index in [0.717, 1.165) is 5.56 Å². The van der Waals surface area contributed by atoms with Crippen molar-refractivity contribution in [2.45, 2.75) is 26.7 Å². The Hall–Kier alpha value is -3.33. The number of carbonyl (C=O) groups is 2. The Balaban J connectivity index is 1.78. The first kappa shape index (κ1) is 20.0. The predicted molar refractivity (Wildman–Crippen MR) is 102 cm³/mol. The molecule has 0 aromatic heterocycles. The molecule has 27 heavy (non-hydrogen) atoms. The van der Waals surface area contributed by atoms with Gasteiger partial charge in [-0.2, -0.15) is 5.26 Å². The maximum Gasteiger partial charge on any atom is 0.344 e. The summed E-state index contributed by atoms with van der Waals surface area (Å²) >= 11 is 0. The molecule has 0 spiro atoms. The molecule has 0 aliphatic heterocycles. The molecule has 0 saturated heterocycles. The minimum atomic E-state index is -0.637. The molecule has 0 fully saturated rings. The number of benzene rings is 2. The normalized spacial score (nSPS) is 10.2. The van der Waals surface area contributed by atoms with Crippen molar-refractivity contribution in [3.8, 4) is 11.8 Å². The zero-order valence-electron chi connectivity index (χ0n) is 15.6. The second-order valence-corrected chi connectivity index (χ2v) is 6.36. The first-order valence-electron chi connectivity index (χ1n) is 8.58. The van der Waals surface area contributed by atoms with Crippen molar-refractivity contribution >= 4 is 17.6 Å². The number of esters is 1. The Kier molecular flexibility index (Phi) is 6.95. The lowest BCUT2D eigenvalue weighted by Gasteiger charge is -2.12. The van der Waals surface area contributed by atoms with Gasteiger partial charge in [-0.3, -0.25) is 4.79 Å². The Morgan fingerprint density at radius 2 is 1.93 bits per heavy atom. The predicted octanol–water partition coefficient (Wildman–Crippen LogP) is 3.55. The quantitative estimate of drug-likeness (QED) is 0.757. The first-order chi connectivity index (χ1) is 12.9. The number of amides is 1. The average Bonchev–Trinajstić information content (AvgIpc) is 2.64. The first-order valence-corrected chi connectivity index (χ1v) is 8.58. The molecule has 2 aromatic carbocycles. The maximum absolute atomic E-state index is 11.8. The fourth-order valence-corrected chi connectivity index (χ4v) is 2.58. The fourth-order valence-electron chi connectivity index (χ4n) is 2.58. The van der Waals surface area contributed by atoms with Crippen LogP contribution >= 0.6 is 0 Å². The molecule has 0 radical (unpaired) electrons. The number of nitriles is 1. The summed E-state index contributed by atoms with van der Waals surface area (Å²) in [6.07, 6.45) is 0. The van der Waals surface area contributed by atoms with E-state index in [0.29, 0.717) is 22.9 Å². The number of aryl methyl sites for hydroxylation is 1. The maximum atomic E-state index is 11.8. The molecule has 1 amide bonds. The third kappa shape index (κ3) is 6.15. The van der Waals surface area contributed by atoms with Crippen LogP contribution in [0.3, 0.4) is 0 Å². The molecule has 6 nitrogen and oxygen atoms in total. The van der Waals surface area contributed by atoms with Crippen LogP contribution < -0.4 is 10.1 Å². The molecule has 2 aromatic rings. The zero-order valence-corrected chi connectivity index (χ0v) is 15.6. The van der Waals surface area contributed by atoms with Gasteiger partial charge in [0.2, 0.25) is 0 Å². The third-order valence-electron chi connectivity index (χ3n) is 3.86. The van der Waals surface area contributed by atoms with Gasteiger partial charge in [0.25, 0.3) is 5.91 Å². The molecule has 6 heteroatoms. The SMILES string of the molecule is Cc1cc(OCC(=O)OCC(=O)Nc2cccc(C#N)c2)ccc1C(C)C. The standard InChI is InChI=1S/C21H22N2O4/c1-14(2)19-8-7-18(9-15(19)3)26-13-21(25)27-12-20(24)23-17-6-4-5-16(10-17)11-22/h4-10,14H,12-13H2,1-3H3,(H,23,24). The Bertz CT molecular complexity index is 869. The molecule has 0 atom stereocenters. The number of carbonyl (C=O) groups excluding carboxylic acids is 2. The molecule has 0 aliphatic rings. The van der Waals surface area contributed by atoms with E-state index in [1.54, 1.807) is 18.2 Å². The van der Waals surface area contributed by atoms with Gasteiger partial charge in [-0.25, -0.2) is 4.79 Å². The summed E-state index contributed by atoms with van der Waals surface area (Å²) in [5.41, 5.74) is 3.21. The van der Waals surface area contributed by atoms with Crippen molar-refractivity contribution in [1.29, 1.82) is 5.26 Å². The van der Waals surface area contributed by atoms with E-state index in [1.807, 2.05) is 31.2 Å². The van der Waals surface area contributed by atoms with Crippen LogP contribution in [0.5, 0.6) is 5.75 Å². The minimum absolute atomic E-state index is 0.280. The van der Waals surface area contributed by atoms with Gasteiger partial charge in [0.05, 0.1) is 11.6 Å². The van der Waals surface area contributed by atoms with Gasteiger partial charge in [0, 0.05) is 5.69 Å². The lowest BCUT2D eigenvalue weighted by atomic mass is 9.98. The summed E-state index contributed by atoms with van der Waals surface area (Å²) in [6.45, 7) is 5.51. The largest absolute Gasteiger partial charge is 0.482 e. The highest BCUT2D eigenvalue weighted by molar-refractivity contribution is 5.93. The second-order valence-electron chi connectivity index (χ2n) is 6.36. The highest BCUT2D eigenvalue weighted by Gasteiger charge is 2.10. The van der Waals surface area contributed by atoms with Crippen LogP contribution in [0.4, 0.5) is 5.69 Å². The van der Waals surface area contributed by atoms with Crippen LogP contribution in [-0.2, 0) is 14.3 Å². The molecular weight excluding hydrogens is 344 g/mol. The molecule has 0 heterocycles. The molecule has 2 rings (SSSR count). The van der Waals surface area contributed by atoms with E-state index >= 15 is 0 Å². The molecule has 0 saturated carbocycles. The Morgan fingerprint density at radius 3 is 2.59 bits per heavy atom. The smallest absolute Gasteiger partial charge is 0.344 e. The van der Waals surface area contributed by atoms with Gasteiger partial charge in [0.1, 0.15) is 5.75 Å². The van der Waals surface area contributed by atoms with Gasteiger partial charge in [-0.1, -0.05) is 26.0 Å². The van der Waals surface area contributed by atoms with Crippen molar-refractivity contribution < 1.29 is 19.1 Å². The van der Waals surface area contributed by atoms with Crippen molar-refractivity contribution in [2.24, 2.45) is 0 Å². The monoisotopic (exact) mass is 366 g/mol. The van der Waals surface area contributed by atoms with Crippen LogP contribution in [0, 0.1) is 18.3 Å². The number of nitrogens with zero attached hydrogens (tertiary/aromatic N) is 1. The topological polar surface area (TPSA) is 88.4 Å². The molecule has 0 aliphatic carbocycles. The van der Waals surface area contributed by atoms with Crippen molar-refractivity contribution in [1.82, 2.24) is 0 Å². The van der Waals surface area contributed by atoms with Crippen molar-refractivity contribution in [2.75, 3.05) is 18.5 Å². The van der Waals surface area contributed by atoms with Crippen LogP contribution in [0.2, 0.25) is 0 Å². The summed E-state index contributed by atoms with van der Waals surface area (Å²) in [4.78, 5) is 23.6. The van der Waals surface area contributed by atoms with Crippen molar-refractivity contribution in [3.63, 3.8) is 0 Å². The van der Waals surface area contributed by atoms with E-state index in [9.17, 15) is 9.59 Å². The zero-order chi connectivity index (χ0) is 19.8. The van der Waals surface area contributed by atoms with Crippen LogP contribution in [0.25, 0.3) is 0 Å². The lowest BCUT2D eigenvalue weighted by molar-refractivity contribution is -0.149. The number of ether oxygens (including phenoxy) is 2. The number of anilines is 1. The highest BCUT2D eigenvalue weighted by atomic mass is 16.6. The molecule has 140 valence electrons. The highest BCUT2D eigenvalue weighted by Crippen LogP contribution is 2.23. The third-order valence-corrected chi connectivity index (χ3v) is 3.86.